The minimum atomic E-state index is -3.51. The van der Waals surface area contributed by atoms with Crippen LogP contribution < -0.4 is 4.90 Å². The van der Waals surface area contributed by atoms with Crippen molar-refractivity contribution in [2.75, 3.05) is 18.3 Å². The van der Waals surface area contributed by atoms with Crippen LogP contribution in [0.2, 0.25) is 0 Å². The molecule has 0 heterocycles. The molecule has 3 aromatic carbocycles. The zero-order chi connectivity index (χ0) is 28.0. The van der Waals surface area contributed by atoms with Crippen molar-refractivity contribution >= 4 is 33.5 Å². The van der Waals surface area contributed by atoms with Crippen LogP contribution in [-0.4, -0.2) is 33.7 Å². The molecule has 0 atom stereocenters. The highest BCUT2D eigenvalue weighted by Gasteiger charge is 2.27. The van der Waals surface area contributed by atoms with E-state index >= 15 is 0 Å². The van der Waals surface area contributed by atoms with Crippen molar-refractivity contribution < 1.29 is 27.1 Å². The van der Waals surface area contributed by atoms with Gasteiger partial charge in [-0.3, -0.25) is 4.79 Å². The Morgan fingerprint density at radius 3 is 2.36 bits per heavy atom. The van der Waals surface area contributed by atoms with Crippen LogP contribution in [0.15, 0.2) is 77.7 Å². The first kappa shape index (κ1) is 28.2. The lowest BCUT2D eigenvalue weighted by Crippen LogP contribution is -2.36. The second kappa shape index (κ2) is 12.4. The fourth-order valence-corrected chi connectivity index (χ4v) is 5.46. The van der Waals surface area contributed by atoms with Gasteiger partial charge in [0, 0.05) is 29.5 Å². The number of sulfone groups is 1. The third-order valence-corrected chi connectivity index (χ3v) is 8.10. The van der Waals surface area contributed by atoms with Crippen LogP contribution in [0.1, 0.15) is 43.2 Å². The van der Waals surface area contributed by atoms with Crippen LogP contribution in [0.3, 0.4) is 0 Å². The van der Waals surface area contributed by atoms with E-state index in [2.05, 4.69) is 4.74 Å². The number of amides is 1. The van der Waals surface area contributed by atoms with Gasteiger partial charge < -0.3 is 9.64 Å². The predicted octanol–water partition coefficient (Wildman–Crippen LogP) is 6.20. The molecule has 0 saturated heterocycles. The molecule has 1 saturated carbocycles. The van der Waals surface area contributed by atoms with Gasteiger partial charge in [0.15, 0.2) is 9.84 Å². The number of esters is 1. The number of ether oxygens (including phenoxy) is 1. The van der Waals surface area contributed by atoms with E-state index in [9.17, 15) is 22.4 Å². The SMILES string of the molecule is COC(=O)/C=C/c1cccc(N(Cc2ccc(-c3ccc(S(C)(=O)=O)cc3F)cc2)C(=O)C2CCCCC2)c1. The minimum absolute atomic E-state index is 0.0465. The summed E-state index contributed by atoms with van der Waals surface area (Å²) in [5, 5.41) is 0. The number of halogens is 1. The lowest BCUT2D eigenvalue weighted by atomic mass is 9.88. The van der Waals surface area contributed by atoms with Crippen LogP contribution in [-0.2, 0) is 30.7 Å². The Balaban J connectivity index is 1.61. The zero-order valence-electron chi connectivity index (χ0n) is 22.1. The molecule has 8 heteroatoms. The third-order valence-electron chi connectivity index (χ3n) is 6.99. The Morgan fingerprint density at radius 1 is 1.00 bits per heavy atom. The second-order valence-electron chi connectivity index (χ2n) is 9.82. The van der Waals surface area contributed by atoms with Crippen molar-refractivity contribution in [3.63, 3.8) is 0 Å². The fraction of sp³-hybridized carbons (Fsp3) is 0.290. The Kier molecular flexibility index (Phi) is 8.97. The number of methoxy groups -OCH3 is 1. The molecular weight excluding hydrogens is 517 g/mol. The van der Waals surface area contributed by atoms with Crippen molar-refractivity contribution in [2.45, 2.75) is 43.5 Å². The number of hydrogen-bond acceptors (Lipinski definition) is 5. The van der Waals surface area contributed by atoms with E-state index in [0.29, 0.717) is 17.7 Å². The van der Waals surface area contributed by atoms with E-state index < -0.39 is 21.6 Å². The van der Waals surface area contributed by atoms with Gasteiger partial charge in [-0.25, -0.2) is 17.6 Å². The topological polar surface area (TPSA) is 80.8 Å². The summed E-state index contributed by atoms with van der Waals surface area (Å²) in [5.74, 6) is -1.06. The predicted molar refractivity (Wildman–Crippen MR) is 150 cm³/mol. The van der Waals surface area contributed by atoms with Crippen LogP contribution in [0.5, 0.6) is 0 Å². The van der Waals surface area contributed by atoms with Gasteiger partial charge in [0.2, 0.25) is 5.91 Å². The highest BCUT2D eigenvalue weighted by atomic mass is 32.2. The second-order valence-corrected chi connectivity index (χ2v) is 11.8. The van der Waals surface area contributed by atoms with Crippen molar-refractivity contribution in [1.29, 1.82) is 0 Å². The molecule has 1 fully saturated rings. The summed E-state index contributed by atoms with van der Waals surface area (Å²) in [6.07, 6.45) is 8.96. The highest BCUT2D eigenvalue weighted by molar-refractivity contribution is 7.90. The van der Waals surface area contributed by atoms with E-state index in [0.717, 1.165) is 61.2 Å². The summed E-state index contributed by atoms with van der Waals surface area (Å²) in [7, 11) is -2.19. The van der Waals surface area contributed by atoms with Crippen LogP contribution in [0.4, 0.5) is 10.1 Å². The van der Waals surface area contributed by atoms with Gasteiger partial charge >= 0.3 is 5.97 Å². The Morgan fingerprint density at radius 2 is 1.72 bits per heavy atom. The average Bonchev–Trinajstić information content (AvgIpc) is 2.94. The molecule has 6 nitrogen and oxygen atoms in total. The Labute approximate surface area is 229 Å². The van der Waals surface area contributed by atoms with Gasteiger partial charge in [-0.15, -0.1) is 0 Å². The molecule has 1 aliphatic rings. The number of carbonyl (C=O) groups excluding carboxylic acids is 2. The molecule has 0 N–H and O–H groups in total. The molecule has 0 aromatic heterocycles. The van der Waals surface area contributed by atoms with E-state index in [4.69, 9.17) is 0 Å². The average molecular weight is 550 g/mol. The van der Waals surface area contributed by atoms with Crippen molar-refractivity contribution in [1.82, 2.24) is 0 Å². The van der Waals surface area contributed by atoms with Crippen LogP contribution in [0.25, 0.3) is 17.2 Å². The number of hydrogen-bond donors (Lipinski definition) is 0. The first-order chi connectivity index (χ1) is 18.7. The molecule has 1 aliphatic carbocycles. The Hall–Kier alpha value is -3.78. The smallest absolute Gasteiger partial charge is 0.330 e. The Bertz CT molecular complexity index is 1480. The highest BCUT2D eigenvalue weighted by Crippen LogP contribution is 2.30. The molecule has 3 aromatic rings. The largest absolute Gasteiger partial charge is 0.466 e. The molecule has 0 radical (unpaired) electrons. The first-order valence-electron chi connectivity index (χ1n) is 12.9. The maximum absolute atomic E-state index is 14.7. The summed E-state index contributed by atoms with van der Waals surface area (Å²) in [5.41, 5.74) is 3.27. The van der Waals surface area contributed by atoms with E-state index in [1.165, 1.54) is 25.3 Å². The summed E-state index contributed by atoms with van der Waals surface area (Å²) in [6.45, 7) is 0.329. The number of nitrogens with zero attached hydrogens (tertiary/aromatic N) is 1. The van der Waals surface area contributed by atoms with E-state index in [1.54, 1.807) is 23.1 Å². The van der Waals surface area contributed by atoms with Crippen LogP contribution in [0, 0.1) is 11.7 Å². The van der Waals surface area contributed by atoms with Gasteiger partial charge in [-0.2, -0.15) is 0 Å². The number of rotatable bonds is 8. The van der Waals surface area contributed by atoms with Gasteiger partial charge in [0.25, 0.3) is 0 Å². The van der Waals surface area contributed by atoms with E-state index in [-0.39, 0.29) is 16.7 Å². The van der Waals surface area contributed by atoms with E-state index in [1.807, 2.05) is 36.4 Å². The van der Waals surface area contributed by atoms with Gasteiger partial charge in [-0.05, 0) is 59.9 Å². The lowest BCUT2D eigenvalue weighted by Gasteiger charge is -2.30. The van der Waals surface area contributed by atoms with Gasteiger partial charge in [0.1, 0.15) is 5.82 Å². The third kappa shape index (κ3) is 7.20. The number of benzene rings is 3. The van der Waals surface area contributed by atoms with Crippen molar-refractivity contribution in [3.05, 3.63) is 89.8 Å². The molecule has 204 valence electrons. The molecule has 39 heavy (non-hydrogen) atoms. The lowest BCUT2D eigenvalue weighted by molar-refractivity contribution is -0.134. The van der Waals surface area contributed by atoms with Crippen molar-refractivity contribution in [2.24, 2.45) is 5.92 Å². The maximum atomic E-state index is 14.7. The molecule has 4 rings (SSSR count). The van der Waals surface area contributed by atoms with Crippen LogP contribution >= 0.6 is 0 Å². The van der Waals surface area contributed by atoms with Gasteiger partial charge in [-0.1, -0.05) is 61.7 Å². The number of anilines is 1. The molecular formula is C31H32FNO5S. The zero-order valence-corrected chi connectivity index (χ0v) is 22.9. The summed E-state index contributed by atoms with van der Waals surface area (Å²) in [4.78, 5) is 27.0. The normalized spacial score (nSPS) is 14.3. The maximum Gasteiger partial charge on any atom is 0.330 e. The summed E-state index contributed by atoms with van der Waals surface area (Å²) < 4.78 is 42.9. The fourth-order valence-electron chi connectivity index (χ4n) is 4.83. The van der Waals surface area contributed by atoms with Gasteiger partial charge in [0.05, 0.1) is 18.6 Å². The molecule has 0 spiro atoms. The molecule has 0 unspecified atom stereocenters. The standard InChI is InChI=1S/C31H32FNO5S/c1-38-30(34)18-13-22-7-6-10-26(19-22)33(31(35)25-8-4-3-5-9-25)21-23-11-14-24(15-12-23)28-17-16-27(20-29(28)32)39(2,36)37/h6-7,10-20,25H,3-5,8-9,21H2,1-2H3/b18-13+. The van der Waals surface area contributed by atoms with Crippen molar-refractivity contribution in [3.8, 4) is 11.1 Å². The first-order valence-corrected chi connectivity index (χ1v) is 14.8. The monoisotopic (exact) mass is 549 g/mol. The summed E-state index contributed by atoms with van der Waals surface area (Å²) >= 11 is 0. The quantitative estimate of drug-likeness (QED) is 0.247. The summed E-state index contributed by atoms with van der Waals surface area (Å²) in [6, 6.07) is 18.6. The minimum Gasteiger partial charge on any atom is -0.466 e. The number of carbonyl (C=O) groups is 2. The molecule has 0 bridgehead atoms. The molecule has 1 amide bonds. The molecule has 0 aliphatic heterocycles.